The second-order valence-electron chi connectivity index (χ2n) is 7.10. The summed E-state index contributed by atoms with van der Waals surface area (Å²) >= 11 is 0. The van der Waals surface area contributed by atoms with E-state index in [0.29, 0.717) is 37.6 Å². The van der Waals surface area contributed by atoms with E-state index in [1.54, 1.807) is 30.5 Å². The van der Waals surface area contributed by atoms with Crippen molar-refractivity contribution < 1.29 is 13.6 Å². The van der Waals surface area contributed by atoms with Gasteiger partial charge in [-0.15, -0.1) is 0 Å². The predicted molar refractivity (Wildman–Crippen MR) is 102 cm³/mol. The molecule has 0 radical (unpaired) electrons. The van der Waals surface area contributed by atoms with Gasteiger partial charge in [0.1, 0.15) is 17.7 Å². The second kappa shape index (κ2) is 8.37. The summed E-state index contributed by atoms with van der Waals surface area (Å²) in [6.45, 7) is 0.738. The van der Waals surface area contributed by atoms with Crippen molar-refractivity contribution in [1.29, 1.82) is 0 Å². The zero-order valence-electron chi connectivity index (χ0n) is 16.0. The maximum Gasteiger partial charge on any atom is 0.226 e. The number of rotatable bonds is 7. The van der Waals surface area contributed by atoms with Gasteiger partial charge in [0.05, 0.1) is 18.8 Å². The Morgan fingerprint density at radius 2 is 2.19 bits per heavy atom. The van der Waals surface area contributed by atoms with Gasteiger partial charge in [-0.25, -0.2) is 9.37 Å². The molecule has 0 N–H and O–H groups in total. The highest BCUT2D eigenvalue weighted by Crippen LogP contribution is 2.27. The lowest BCUT2D eigenvalue weighted by molar-refractivity contribution is -0.130. The molecule has 2 aromatic rings. The van der Waals surface area contributed by atoms with Crippen LogP contribution in [0.4, 0.5) is 16.2 Å². The number of aryl methyl sites for hydroxylation is 1. The van der Waals surface area contributed by atoms with E-state index >= 15 is 0 Å². The number of halogens is 1. The third kappa shape index (κ3) is 4.75. The van der Waals surface area contributed by atoms with Crippen LogP contribution in [0.1, 0.15) is 18.6 Å². The van der Waals surface area contributed by atoms with E-state index in [-0.39, 0.29) is 18.5 Å². The molecule has 0 aliphatic carbocycles. The van der Waals surface area contributed by atoms with Gasteiger partial charge >= 0.3 is 0 Å². The SMILES string of the molecule is CN(C[C@@H]1C[C@H](F)CN1c1ccnc(N(C)C)n1)C(=O)CCc1ccco1. The van der Waals surface area contributed by atoms with Gasteiger partial charge in [-0.3, -0.25) is 4.79 Å². The molecule has 8 heteroatoms. The first-order valence-corrected chi connectivity index (χ1v) is 9.11. The number of alkyl halides is 1. The van der Waals surface area contributed by atoms with Crippen LogP contribution < -0.4 is 9.80 Å². The molecule has 146 valence electrons. The van der Waals surface area contributed by atoms with Crippen LogP contribution in [0, 0.1) is 0 Å². The highest BCUT2D eigenvalue weighted by Gasteiger charge is 2.34. The van der Waals surface area contributed by atoms with Crippen LogP contribution in [0.5, 0.6) is 0 Å². The van der Waals surface area contributed by atoms with E-state index in [9.17, 15) is 9.18 Å². The Kier molecular flexibility index (Phi) is 5.93. The van der Waals surface area contributed by atoms with E-state index in [4.69, 9.17) is 4.42 Å². The zero-order valence-corrected chi connectivity index (χ0v) is 16.0. The molecule has 1 aliphatic heterocycles. The fraction of sp³-hybridized carbons (Fsp3) is 0.526. The van der Waals surface area contributed by atoms with Gasteiger partial charge in [-0.1, -0.05) is 0 Å². The summed E-state index contributed by atoms with van der Waals surface area (Å²) in [6, 6.07) is 5.35. The minimum atomic E-state index is -0.931. The number of carbonyl (C=O) groups excluding carboxylic acids is 1. The number of furan rings is 1. The molecule has 7 nitrogen and oxygen atoms in total. The third-order valence-electron chi connectivity index (χ3n) is 4.76. The quantitative estimate of drug-likeness (QED) is 0.739. The first-order chi connectivity index (χ1) is 12.9. The minimum absolute atomic E-state index is 0.0188. The Hall–Kier alpha value is -2.64. The zero-order chi connectivity index (χ0) is 19.4. The Labute approximate surface area is 158 Å². The summed E-state index contributed by atoms with van der Waals surface area (Å²) in [4.78, 5) is 26.6. The molecule has 27 heavy (non-hydrogen) atoms. The average molecular weight is 375 g/mol. The van der Waals surface area contributed by atoms with Crippen LogP contribution in [0.15, 0.2) is 35.1 Å². The van der Waals surface area contributed by atoms with E-state index in [1.807, 2.05) is 36.0 Å². The van der Waals surface area contributed by atoms with Gasteiger partial charge in [0, 0.05) is 53.1 Å². The standard InChI is InChI=1S/C19H26FN5O2/c1-23(2)19-21-9-8-17(22-19)25-12-14(20)11-15(25)13-24(3)18(26)7-6-16-5-4-10-27-16/h4-5,8-10,14-15H,6-7,11-13H2,1-3H3/t14-,15-/m0/s1. The molecule has 0 spiro atoms. The number of anilines is 2. The summed E-state index contributed by atoms with van der Waals surface area (Å²) in [6.07, 6.45) is 3.67. The molecular weight excluding hydrogens is 349 g/mol. The molecule has 3 heterocycles. The van der Waals surface area contributed by atoms with Crippen molar-refractivity contribution in [2.24, 2.45) is 0 Å². The van der Waals surface area contributed by atoms with Crippen molar-refractivity contribution in [3.63, 3.8) is 0 Å². The van der Waals surface area contributed by atoms with Gasteiger partial charge in [0.25, 0.3) is 0 Å². The fourth-order valence-corrected chi connectivity index (χ4v) is 3.32. The summed E-state index contributed by atoms with van der Waals surface area (Å²) in [5, 5.41) is 0. The summed E-state index contributed by atoms with van der Waals surface area (Å²) < 4.78 is 19.4. The first kappa shape index (κ1) is 19.1. The van der Waals surface area contributed by atoms with Crippen molar-refractivity contribution >= 4 is 17.7 Å². The van der Waals surface area contributed by atoms with Crippen molar-refractivity contribution in [2.75, 3.05) is 44.0 Å². The lowest BCUT2D eigenvalue weighted by Crippen LogP contribution is -2.41. The van der Waals surface area contributed by atoms with Gasteiger partial charge < -0.3 is 19.1 Å². The normalized spacial score (nSPS) is 19.3. The Morgan fingerprint density at radius 3 is 2.89 bits per heavy atom. The summed E-state index contributed by atoms with van der Waals surface area (Å²) in [5.41, 5.74) is 0. The lowest BCUT2D eigenvalue weighted by Gasteiger charge is -2.29. The Bertz CT molecular complexity index is 752. The van der Waals surface area contributed by atoms with Crippen LogP contribution >= 0.6 is 0 Å². The molecule has 3 rings (SSSR count). The number of amides is 1. The van der Waals surface area contributed by atoms with Gasteiger partial charge in [-0.2, -0.15) is 4.98 Å². The molecule has 1 aliphatic rings. The smallest absolute Gasteiger partial charge is 0.226 e. The van der Waals surface area contributed by atoms with E-state index in [2.05, 4.69) is 9.97 Å². The van der Waals surface area contributed by atoms with Crippen LogP contribution in [0.25, 0.3) is 0 Å². The number of hydrogen-bond acceptors (Lipinski definition) is 6. The van der Waals surface area contributed by atoms with E-state index in [0.717, 1.165) is 5.76 Å². The molecule has 1 saturated heterocycles. The molecule has 0 saturated carbocycles. The monoisotopic (exact) mass is 375 g/mol. The molecule has 1 fully saturated rings. The number of aromatic nitrogens is 2. The Balaban J connectivity index is 1.63. The van der Waals surface area contributed by atoms with E-state index in [1.165, 1.54) is 0 Å². The number of carbonyl (C=O) groups is 1. The van der Waals surface area contributed by atoms with Crippen LogP contribution in [0.2, 0.25) is 0 Å². The molecule has 2 aromatic heterocycles. The fourth-order valence-electron chi connectivity index (χ4n) is 3.32. The molecule has 2 atom stereocenters. The third-order valence-corrected chi connectivity index (χ3v) is 4.76. The van der Waals surface area contributed by atoms with Crippen LogP contribution in [-0.4, -0.2) is 67.2 Å². The van der Waals surface area contributed by atoms with Gasteiger partial charge in [0.15, 0.2) is 0 Å². The highest BCUT2D eigenvalue weighted by atomic mass is 19.1. The number of hydrogen-bond donors (Lipinski definition) is 0. The molecule has 0 unspecified atom stereocenters. The van der Waals surface area contributed by atoms with Crippen molar-refractivity contribution in [1.82, 2.24) is 14.9 Å². The maximum absolute atomic E-state index is 14.1. The molecule has 0 aromatic carbocycles. The van der Waals surface area contributed by atoms with Crippen molar-refractivity contribution in [2.45, 2.75) is 31.5 Å². The number of nitrogens with zero attached hydrogens (tertiary/aromatic N) is 5. The van der Waals surface area contributed by atoms with Crippen molar-refractivity contribution in [3.05, 3.63) is 36.4 Å². The maximum atomic E-state index is 14.1. The highest BCUT2D eigenvalue weighted by molar-refractivity contribution is 5.76. The lowest BCUT2D eigenvalue weighted by atomic mass is 10.1. The topological polar surface area (TPSA) is 65.7 Å². The average Bonchev–Trinajstić information content (AvgIpc) is 3.29. The first-order valence-electron chi connectivity index (χ1n) is 9.11. The second-order valence-corrected chi connectivity index (χ2v) is 7.10. The summed E-state index contributed by atoms with van der Waals surface area (Å²) in [5.74, 6) is 2.08. The van der Waals surface area contributed by atoms with E-state index < -0.39 is 6.17 Å². The van der Waals surface area contributed by atoms with Gasteiger partial charge in [-0.05, 0) is 18.2 Å². The molecule has 0 bridgehead atoms. The molecule has 1 amide bonds. The molecular formula is C19H26FN5O2. The predicted octanol–water partition coefficient (Wildman–Crippen LogP) is 2.14. The van der Waals surface area contributed by atoms with Gasteiger partial charge in [0.2, 0.25) is 11.9 Å². The largest absolute Gasteiger partial charge is 0.469 e. The van der Waals surface area contributed by atoms with Crippen LogP contribution in [-0.2, 0) is 11.2 Å². The van der Waals surface area contributed by atoms with Crippen molar-refractivity contribution in [3.8, 4) is 0 Å². The summed E-state index contributed by atoms with van der Waals surface area (Å²) in [7, 11) is 5.49. The number of likely N-dealkylation sites (N-methyl/N-ethyl adjacent to an activating group) is 1. The Morgan fingerprint density at radius 1 is 1.37 bits per heavy atom. The minimum Gasteiger partial charge on any atom is -0.469 e. The van der Waals surface area contributed by atoms with Crippen LogP contribution in [0.3, 0.4) is 0 Å².